The van der Waals surface area contributed by atoms with E-state index in [1.165, 1.54) is 11.8 Å². The number of rotatable bonds is 5. The van der Waals surface area contributed by atoms with E-state index in [-0.39, 0.29) is 5.91 Å². The van der Waals surface area contributed by atoms with Gasteiger partial charge in [0, 0.05) is 24.3 Å². The van der Waals surface area contributed by atoms with Crippen LogP contribution in [0, 0.1) is 0 Å². The number of furan rings is 1. The normalized spacial score (nSPS) is 13.2. The number of hydrogen-bond acceptors (Lipinski definition) is 6. The maximum Gasteiger partial charge on any atom is 0.266 e. The summed E-state index contributed by atoms with van der Waals surface area (Å²) < 4.78 is 6.39. The molecule has 34 heavy (non-hydrogen) atoms. The molecule has 1 N–H and O–H groups in total. The molecular weight excluding hydrogens is 466 g/mol. The molecule has 1 aliphatic heterocycles. The van der Waals surface area contributed by atoms with Crippen molar-refractivity contribution in [3.8, 4) is 11.3 Å². The molecule has 1 aliphatic rings. The number of carbonyl (C=O) groups excluding carboxylic acids is 2. The van der Waals surface area contributed by atoms with Gasteiger partial charge in [-0.2, -0.15) is 0 Å². The van der Waals surface area contributed by atoms with Crippen LogP contribution < -0.4 is 0 Å². The summed E-state index contributed by atoms with van der Waals surface area (Å²) in [4.78, 5) is 25.7. The fourth-order valence-corrected chi connectivity index (χ4v) is 4.08. The third kappa shape index (κ3) is 7.66. The van der Waals surface area contributed by atoms with E-state index >= 15 is 0 Å². The van der Waals surface area contributed by atoms with Gasteiger partial charge in [-0.05, 0) is 17.7 Å². The molecule has 2 heterocycles. The Labute approximate surface area is 210 Å². The minimum Gasteiger partial charge on any atom is -0.457 e. The van der Waals surface area contributed by atoms with E-state index in [1.54, 1.807) is 23.1 Å². The average molecular weight is 496 g/mol. The minimum absolute atomic E-state index is 0.118. The largest absolute Gasteiger partial charge is 0.457 e. The molecule has 1 fully saturated rings. The second-order valence-corrected chi connectivity index (χ2v) is 7.87. The number of aldehydes is 1. The molecule has 1 aromatic heterocycles. The third-order valence-electron chi connectivity index (χ3n) is 4.29. The Balaban J connectivity index is 0.000000894. The molecule has 1 saturated heterocycles. The van der Waals surface area contributed by atoms with Crippen molar-refractivity contribution < 1.29 is 19.1 Å². The first-order chi connectivity index (χ1) is 16.6. The maximum absolute atomic E-state index is 12.7. The van der Waals surface area contributed by atoms with Crippen molar-refractivity contribution >= 4 is 46.6 Å². The van der Waals surface area contributed by atoms with Crippen molar-refractivity contribution in [2.45, 2.75) is 20.4 Å². The van der Waals surface area contributed by atoms with Crippen molar-refractivity contribution in [2.75, 3.05) is 7.11 Å². The van der Waals surface area contributed by atoms with E-state index in [2.05, 4.69) is 13.2 Å². The van der Waals surface area contributed by atoms with Gasteiger partial charge in [0.1, 0.15) is 22.1 Å². The molecule has 7 heteroatoms. The Hall–Kier alpha value is -3.26. The first-order valence-corrected chi connectivity index (χ1v) is 11.8. The zero-order valence-corrected chi connectivity index (χ0v) is 21.2. The van der Waals surface area contributed by atoms with Crippen LogP contribution in [0.3, 0.4) is 0 Å². The number of nitrogens with zero attached hydrogens (tertiary/aromatic N) is 1. The number of amides is 1. The molecule has 0 aliphatic carbocycles. The van der Waals surface area contributed by atoms with Gasteiger partial charge in [-0.3, -0.25) is 14.5 Å². The average Bonchev–Trinajstić information content (AvgIpc) is 3.48. The van der Waals surface area contributed by atoms with Crippen LogP contribution in [0.25, 0.3) is 17.4 Å². The van der Waals surface area contributed by atoms with Crippen LogP contribution in [0.4, 0.5) is 0 Å². The van der Waals surface area contributed by atoms with Crippen LogP contribution in [-0.2, 0) is 11.3 Å². The van der Waals surface area contributed by atoms with Crippen molar-refractivity contribution in [1.82, 2.24) is 4.90 Å². The van der Waals surface area contributed by atoms with Gasteiger partial charge < -0.3 is 9.52 Å². The van der Waals surface area contributed by atoms with Crippen LogP contribution in [0.1, 0.15) is 35.5 Å². The van der Waals surface area contributed by atoms with Crippen molar-refractivity contribution in [3.63, 3.8) is 0 Å². The summed E-state index contributed by atoms with van der Waals surface area (Å²) in [6.07, 6.45) is 2.52. The highest BCUT2D eigenvalue weighted by molar-refractivity contribution is 8.26. The molecule has 178 valence electrons. The van der Waals surface area contributed by atoms with E-state index in [1.807, 2.05) is 68.4 Å². The quantitative estimate of drug-likeness (QED) is 0.186. The van der Waals surface area contributed by atoms with E-state index in [4.69, 9.17) is 21.7 Å². The zero-order chi connectivity index (χ0) is 25.5. The number of hydrogen-bond donors (Lipinski definition) is 1. The summed E-state index contributed by atoms with van der Waals surface area (Å²) in [5.74, 6) is 1.13. The fourth-order valence-electron chi connectivity index (χ4n) is 2.84. The molecule has 0 bridgehead atoms. The molecular formula is C27H29NO4S2. The first-order valence-electron chi connectivity index (χ1n) is 10.5. The smallest absolute Gasteiger partial charge is 0.266 e. The van der Waals surface area contributed by atoms with Crippen LogP contribution in [0.2, 0.25) is 0 Å². The lowest BCUT2D eigenvalue weighted by atomic mass is 10.1. The zero-order valence-electron chi connectivity index (χ0n) is 19.6. The number of thioether (sulfide) groups is 1. The summed E-state index contributed by atoms with van der Waals surface area (Å²) in [5.41, 5.74) is 2.50. The van der Waals surface area contributed by atoms with Crippen molar-refractivity contribution in [1.29, 1.82) is 0 Å². The van der Waals surface area contributed by atoms with Gasteiger partial charge in [-0.15, -0.1) is 13.2 Å². The Bertz CT molecular complexity index is 1090. The second kappa shape index (κ2) is 15.6. The monoisotopic (exact) mass is 495 g/mol. The summed E-state index contributed by atoms with van der Waals surface area (Å²) >= 11 is 6.66. The molecule has 0 atom stereocenters. The number of aliphatic hydroxyl groups is 1. The molecule has 0 spiro atoms. The van der Waals surface area contributed by atoms with Crippen molar-refractivity contribution in [3.05, 3.63) is 102 Å². The van der Waals surface area contributed by atoms with Gasteiger partial charge in [0.2, 0.25) is 0 Å². The molecule has 2 aromatic carbocycles. The number of thiocarbonyl (C=S) groups is 1. The predicted molar refractivity (Wildman–Crippen MR) is 145 cm³/mol. The van der Waals surface area contributed by atoms with Gasteiger partial charge >= 0.3 is 0 Å². The van der Waals surface area contributed by atoms with Gasteiger partial charge in [0.25, 0.3) is 5.91 Å². The molecule has 0 saturated carbocycles. The number of benzene rings is 2. The maximum atomic E-state index is 12.7. The highest BCUT2D eigenvalue weighted by atomic mass is 32.2. The Morgan fingerprint density at radius 3 is 2.21 bits per heavy atom. The van der Waals surface area contributed by atoms with Crippen LogP contribution in [0.5, 0.6) is 0 Å². The van der Waals surface area contributed by atoms with Crippen LogP contribution in [-0.4, -0.2) is 33.6 Å². The summed E-state index contributed by atoms with van der Waals surface area (Å²) in [6.45, 7) is 10.5. The molecule has 4 rings (SSSR count). The van der Waals surface area contributed by atoms with Gasteiger partial charge in [-0.25, -0.2) is 0 Å². The van der Waals surface area contributed by atoms with E-state index < -0.39 is 0 Å². The summed E-state index contributed by atoms with van der Waals surface area (Å²) in [6, 6.07) is 20.5. The topological polar surface area (TPSA) is 70.8 Å². The second-order valence-electron chi connectivity index (χ2n) is 6.20. The molecule has 1 amide bonds. The van der Waals surface area contributed by atoms with Gasteiger partial charge in [0.15, 0.2) is 0 Å². The standard InChI is InChI=1S/C22H15NO3S2.C2H6.C2H4.CH4O/c24-14-16-6-8-17(9-7-16)19-11-10-18(26-19)12-20-21(25)23(22(27)28-20)13-15-4-2-1-3-5-15;3*1-2/h1-12,14H,13H2;1-2H3;1-2H2;2H,1H3/b20-12+;;;. The van der Waals surface area contributed by atoms with Gasteiger partial charge in [-0.1, -0.05) is 92.4 Å². The van der Waals surface area contributed by atoms with Crippen molar-refractivity contribution in [2.24, 2.45) is 0 Å². The van der Waals surface area contributed by atoms with E-state index in [9.17, 15) is 9.59 Å². The Kier molecular flexibility index (Phi) is 13.2. The fraction of sp³-hybridized carbons (Fsp3) is 0.148. The highest BCUT2D eigenvalue weighted by Crippen LogP contribution is 2.34. The lowest BCUT2D eigenvalue weighted by molar-refractivity contribution is -0.122. The number of carbonyl (C=O) groups is 2. The number of aliphatic hydroxyl groups excluding tert-OH is 1. The van der Waals surface area contributed by atoms with E-state index in [0.717, 1.165) is 24.5 Å². The lowest BCUT2D eigenvalue weighted by Gasteiger charge is -2.14. The molecule has 0 radical (unpaired) electrons. The van der Waals surface area contributed by atoms with E-state index in [0.29, 0.717) is 32.9 Å². The SMILES string of the molecule is C=C.CC.CO.O=Cc1ccc(-c2ccc(/C=C3/SC(=S)N(Cc4ccccc4)C3=O)o2)cc1. The van der Waals surface area contributed by atoms with Crippen LogP contribution >= 0.6 is 24.0 Å². The highest BCUT2D eigenvalue weighted by Gasteiger charge is 2.32. The minimum atomic E-state index is -0.118. The summed E-state index contributed by atoms with van der Waals surface area (Å²) in [5, 5.41) is 7.00. The molecule has 0 unspecified atom stereocenters. The molecule has 3 aromatic rings. The molecule has 5 nitrogen and oxygen atoms in total. The first kappa shape index (κ1) is 28.8. The predicted octanol–water partition coefficient (Wildman–Crippen LogP) is 6.60. The third-order valence-corrected chi connectivity index (χ3v) is 5.67. The Morgan fingerprint density at radius 1 is 1.00 bits per heavy atom. The lowest BCUT2D eigenvalue weighted by Crippen LogP contribution is -2.27. The van der Waals surface area contributed by atoms with Crippen LogP contribution in [0.15, 0.2) is 89.2 Å². The van der Waals surface area contributed by atoms with Gasteiger partial charge in [0.05, 0.1) is 11.4 Å². The summed E-state index contributed by atoms with van der Waals surface area (Å²) in [7, 11) is 1.00. The Morgan fingerprint density at radius 2 is 1.62 bits per heavy atom.